The quantitative estimate of drug-likeness (QED) is 0.188. The highest BCUT2D eigenvalue weighted by molar-refractivity contribution is 5.74. The third-order valence-electron chi connectivity index (χ3n) is 4.35. The lowest BCUT2D eigenvalue weighted by Crippen LogP contribution is -2.45. The number of nitro groups is 1. The first-order valence-corrected chi connectivity index (χ1v) is 9.13. The average molecular weight is 473 g/mol. The number of carbonyl (C=O) groups is 4. The number of nitrogens with zero attached hydrogens (tertiary/aromatic N) is 3. The molecule has 0 aliphatic heterocycles. The zero-order valence-electron chi connectivity index (χ0n) is 17.7. The monoisotopic (exact) mass is 473 g/mol. The summed E-state index contributed by atoms with van der Waals surface area (Å²) in [5, 5.41) is 48.5. The van der Waals surface area contributed by atoms with Crippen LogP contribution in [-0.2, 0) is 19.2 Å². The average Bonchev–Trinajstić information content (AvgIpc) is 2.68. The summed E-state index contributed by atoms with van der Waals surface area (Å²) in [5.74, 6) is -5.81. The van der Waals surface area contributed by atoms with E-state index in [0.29, 0.717) is 0 Å². The van der Waals surface area contributed by atoms with Gasteiger partial charge in [-0.25, -0.2) is 0 Å². The van der Waals surface area contributed by atoms with Crippen LogP contribution in [-0.4, -0.2) is 106 Å². The molecule has 0 saturated carbocycles. The van der Waals surface area contributed by atoms with Gasteiger partial charge in [0.1, 0.15) is 0 Å². The Morgan fingerprint density at radius 3 is 1.67 bits per heavy atom. The molecule has 0 radical (unpaired) electrons. The van der Waals surface area contributed by atoms with Crippen LogP contribution in [0.2, 0.25) is 0 Å². The molecule has 1 aromatic rings. The van der Waals surface area contributed by atoms with Crippen molar-refractivity contribution in [2.24, 2.45) is 0 Å². The summed E-state index contributed by atoms with van der Waals surface area (Å²) in [7, 11) is 2.46. The van der Waals surface area contributed by atoms with Crippen molar-refractivity contribution in [3.05, 3.63) is 27.8 Å². The van der Waals surface area contributed by atoms with Crippen LogP contribution in [0.4, 0.5) is 5.69 Å². The molecule has 0 bridgehead atoms. The van der Waals surface area contributed by atoms with Gasteiger partial charge in [0.05, 0.1) is 63.0 Å². The van der Waals surface area contributed by atoms with Crippen LogP contribution in [0.5, 0.6) is 11.5 Å². The van der Waals surface area contributed by atoms with Gasteiger partial charge in [-0.05, 0) is 6.07 Å². The number of carboxylic acids is 4. The molecule has 182 valence electrons. The molecule has 1 atom stereocenters. The lowest BCUT2D eigenvalue weighted by Gasteiger charge is -2.33. The van der Waals surface area contributed by atoms with E-state index in [1.54, 1.807) is 0 Å². The van der Waals surface area contributed by atoms with E-state index in [2.05, 4.69) is 0 Å². The zero-order chi connectivity index (χ0) is 25.3. The molecule has 1 unspecified atom stereocenters. The maximum Gasteiger partial charge on any atom is 0.317 e. The molecule has 1 rings (SSSR count). The number of methoxy groups -OCH3 is 2. The molecule has 15 nitrogen and oxygen atoms in total. The number of hydrogen-bond acceptors (Lipinski definition) is 10. The van der Waals surface area contributed by atoms with Crippen LogP contribution < -0.4 is 9.47 Å². The molecule has 0 spiro atoms. The molecule has 0 amide bonds. The normalized spacial score (nSPS) is 11.8. The van der Waals surface area contributed by atoms with Gasteiger partial charge in [0.15, 0.2) is 11.5 Å². The van der Waals surface area contributed by atoms with Gasteiger partial charge in [0.25, 0.3) is 5.69 Å². The zero-order valence-corrected chi connectivity index (χ0v) is 17.7. The van der Waals surface area contributed by atoms with Crippen LogP contribution in [0.25, 0.3) is 0 Å². The topological polar surface area (TPSA) is 217 Å². The maximum atomic E-state index is 11.8. The summed E-state index contributed by atoms with van der Waals surface area (Å²) in [6.45, 7) is -3.96. The van der Waals surface area contributed by atoms with Crippen molar-refractivity contribution >= 4 is 29.6 Å². The van der Waals surface area contributed by atoms with E-state index in [0.717, 1.165) is 21.9 Å². The predicted octanol–water partition coefficient (Wildman–Crippen LogP) is -0.404. The van der Waals surface area contributed by atoms with E-state index in [1.807, 2.05) is 0 Å². The molecule has 0 aliphatic carbocycles. The minimum atomic E-state index is -1.47. The van der Waals surface area contributed by atoms with Gasteiger partial charge in [-0.3, -0.25) is 39.1 Å². The first-order valence-electron chi connectivity index (χ1n) is 9.13. The second-order valence-electron chi connectivity index (χ2n) is 6.69. The highest BCUT2D eigenvalue weighted by Gasteiger charge is 2.34. The Kier molecular flexibility index (Phi) is 9.97. The number of benzene rings is 1. The summed E-state index contributed by atoms with van der Waals surface area (Å²) >= 11 is 0. The van der Waals surface area contributed by atoms with Gasteiger partial charge in [-0.2, -0.15) is 0 Å². The van der Waals surface area contributed by atoms with Gasteiger partial charge in [0.2, 0.25) is 0 Å². The van der Waals surface area contributed by atoms with E-state index in [9.17, 15) is 39.5 Å². The maximum absolute atomic E-state index is 11.8. The Hall–Kier alpha value is -3.98. The SMILES string of the molecule is COc1cc(C(CN(CC(=O)O)CC(=O)O)N(CC(=O)O)CC(=O)O)c([N+](=O)[O-])cc1OC. The lowest BCUT2D eigenvalue weighted by atomic mass is 10.0. The Balaban J connectivity index is 3.76. The van der Waals surface area contributed by atoms with Gasteiger partial charge >= 0.3 is 23.9 Å². The minimum Gasteiger partial charge on any atom is -0.493 e. The van der Waals surface area contributed by atoms with Crippen molar-refractivity contribution in [1.82, 2.24) is 9.80 Å². The summed E-state index contributed by atoms with van der Waals surface area (Å²) < 4.78 is 10.2. The number of aliphatic carboxylic acids is 4. The molecule has 15 heteroatoms. The Bertz CT molecular complexity index is 887. The molecule has 33 heavy (non-hydrogen) atoms. The lowest BCUT2D eigenvalue weighted by molar-refractivity contribution is -0.386. The van der Waals surface area contributed by atoms with E-state index < -0.39 is 73.3 Å². The van der Waals surface area contributed by atoms with Crippen LogP contribution in [0.15, 0.2) is 12.1 Å². The van der Waals surface area contributed by atoms with E-state index in [1.165, 1.54) is 14.2 Å². The molecule has 0 aromatic heterocycles. The summed E-state index contributed by atoms with van der Waals surface area (Å²) in [6, 6.07) is 0.702. The summed E-state index contributed by atoms with van der Waals surface area (Å²) in [4.78, 5) is 57.9. The largest absolute Gasteiger partial charge is 0.493 e. The van der Waals surface area contributed by atoms with Crippen LogP contribution in [0.3, 0.4) is 0 Å². The van der Waals surface area contributed by atoms with E-state index in [4.69, 9.17) is 19.7 Å². The molecule has 4 N–H and O–H groups in total. The molecule has 0 fully saturated rings. The Labute approximate surface area is 186 Å². The number of ether oxygens (including phenoxy) is 2. The smallest absolute Gasteiger partial charge is 0.317 e. The third kappa shape index (κ3) is 8.23. The van der Waals surface area contributed by atoms with Crippen molar-refractivity contribution < 1.29 is 54.0 Å². The molecular weight excluding hydrogens is 450 g/mol. The fraction of sp³-hybridized carbons (Fsp3) is 0.444. The fourth-order valence-corrected chi connectivity index (χ4v) is 3.16. The molecule has 0 saturated heterocycles. The molecule has 0 heterocycles. The third-order valence-corrected chi connectivity index (χ3v) is 4.35. The highest BCUT2D eigenvalue weighted by atomic mass is 16.6. The second-order valence-corrected chi connectivity index (χ2v) is 6.69. The van der Waals surface area contributed by atoms with Crippen LogP contribution in [0, 0.1) is 10.1 Å². The van der Waals surface area contributed by atoms with Gasteiger partial charge in [-0.15, -0.1) is 0 Å². The van der Waals surface area contributed by atoms with E-state index >= 15 is 0 Å². The van der Waals surface area contributed by atoms with Crippen molar-refractivity contribution in [3.63, 3.8) is 0 Å². The highest BCUT2D eigenvalue weighted by Crippen LogP contribution is 2.39. The molecule has 1 aromatic carbocycles. The van der Waals surface area contributed by atoms with Crippen LogP contribution >= 0.6 is 0 Å². The van der Waals surface area contributed by atoms with E-state index in [-0.39, 0.29) is 17.1 Å². The van der Waals surface area contributed by atoms with Gasteiger partial charge < -0.3 is 29.9 Å². The number of rotatable bonds is 15. The summed E-state index contributed by atoms with van der Waals surface area (Å²) in [6.07, 6.45) is 0. The number of nitro benzene ring substituents is 1. The molecular formula is C18H23N3O12. The number of hydrogen-bond donors (Lipinski definition) is 4. The van der Waals surface area contributed by atoms with Crippen molar-refractivity contribution in [3.8, 4) is 11.5 Å². The first kappa shape index (κ1) is 27.1. The van der Waals surface area contributed by atoms with Gasteiger partial charge in [-0.1, -0.05) is 0 Å². The van der Waals surface area contributed by atoms with Crippen molar-refractivity contribution in [2.45, 2.75) is 6.04 Å². The fourth-order valence-electron chi connectivity index (χ4n) is 3.16. The van der Waals surface area contributed by atoms with Crippen molar-refractivity contribution in [2.75, 3.05) is 46.9 Å². The van der Waals surface area contributed by atoms with Crippen LogP contribution in [0.1, 0.15) is 11.6 Å². The minimum absolute atomic E-state index is 0.00304. The number of carboxylic acid groups (broad SMARTS) is 4. The second kappa shape index (κ2) is 12.2. The Morgan fingerprint density at radius 1 is 0.879 bits per heavy atom. The van der Waals surface area contributed by atoms with Crippen molar-refractivity contribution in [1.29, 1.82) is 0 Å². The molecule has 0 aliphatic rings. The predicted molar refractivity (Wildman–Crippen MR) is 107 cm³/mol. The first-order chi connectivity index (χ1) is 15.4. The standard InChI is InChI=1S/C18H23N3O12/c1-32-13-3-10(11(21(30)31)4-14(13)33-2)12(20(8-17(26)27)9-18(28)29)5-19(6-15(22)23)7-16(24)25/h3-4,12H,5-9H2,1-2H3,(H,22,23)(H,24,25)(H,26,27)(H,28,29). The summed E-state index contributed by atoms with van der Waals surface area (Å²) in [5.41, 5.74) is -0.815. The van der Waals surface area contributed by atoms with Gasteiger partial charge in [0, 0.05) is 6.54 Å². The Morgan fingerprint density at radius 2 is 1.30 bits per heavy atom.